The summed E-state index contributed by atoms with van der Waals surface area (Å²) in [7, 11) is 0. The Morgan fingerprint density at radius 3 is 2.87 bits per heavy atom. The molecule has 0 aliphatic heterocycles. The molecule has 1 rings (SSSR count). The Morgan fingerprint density at radius 1 is 1.20 bits per heavy atom. The van der Waals surface area contributed by atoms with Gasteiger partial charge in [0.05, 0.1) is 5.25 Å². The zero-order chi connectivity index (χ0) is 10.9. The Bertz CT molecular complexity index is 179. The van der Waals surface area contributed by atoms with Crippen LogP contribution in [0.25, 0.3) is 0 Å². The molecule has 0 heterocycles. The Hall–Kier alpha value is 0.0200. The third-order valence-electron chi connectivity index (χ3n) is 3.07. The number of Topliss-reactive ketones (excluding diaryl/α,β-unsaturated/α-hetero) is 1. The SMILES string of the molecule is CCCCCCSC1CCCCCC1=O. The summed E-state index contributed by atoms with van der Waals surface area (Å²) in [6, 6.07) is 0. The van der Waals surface area contributed by atoms with Crippen LogP contribution in [-0.2, 0) is 4.79 Å². The second kappa shape index (κ2) is 8.20. The lowest BCUT2D eigenvalue weighted by atomic mass is 10.2. The van der Waals surface area contributed by atoms with Gasteiger partial charge < -0.3 is 0 Å². The van der Waals surface area contributed by atoms with E-state index < -0.39 is 0 Å². The molecule has 0 amide bonds. The molecular weight excluding hydrogens is 204 g/mol. The Kier molecular flexibility index (Phi) is 7.16. The highest BCUT2D eigenvalue weighted by Crippen LogP contribution is 2.25. The molecule has 0 radical (unpaired) electrons. The Morgan fingerprint density at radius 2 is 2.07 bits per heavy atom. The summed E-state index contributed by atoms with van der Waals surface area (Å²) < 4.78 is 0. The second-order valence-corrected chi connectivity index (χ2v) is 5.80. The molecule has 1 fully saturated rings. The maximum atomic E-state index is 11.7. The first kappa shape index (κ1) is 13.1. The van der Waals surface area contributed by atoms with Crippen molar-refractivity contribution >= 4 is 17.5 Å². The van der Waals surface area contributed by atoms with Crippen molar-refractivity contribution in [2.24, 2.45) is 0 Å². The molecule has 1 aliphatic carbocycles. The number of thioether (sulfide) groups is 1. The molecule has 0 N–H and O–H groups in total. The van der Waals surface area contributed by atoms with Gasteiger partial charge in [0.15, 0.2) is 0 Å². The summed E-state index contributed by atoms with van der Waals surface area (Å²) >= 11 is 1.92. The summed E-state index contributed by atoms with van der Waals surface area (Å²) in [6.07, 6.45) is 10.9. The third-order valence-corrected chi connectivity index (χ3v) is 4.49. The molecule has 0 bridgehead atoms. The van der Waals surface area contributed by atoms with Crippen molar-refractivity contribution in [1.29, 1.82) is 0 Å². The molecule has 0 aromatic heterocycles. The lowest BCUT2D eigenvalue weighted by Gasteiger charge is -2.11. The van der Waals surface area contributed by atoms with Crippen LogP contribution in [0.15, 0.2) is 0 Å². The van der Waals surface area contributed by atoms with Crippen LogP contribution in [-0.4, -0.2) is 16.8 Å². The fraction of sp³-hybridized carbons (Fsp3) is 0.923. The van der Waals surface area contributed by atoms with Gasteiger partial charge >= 0.3 is 0 Å². The van der Waals surface area contributed by atoms with Crippen molar-refractivity contribution in [2.75, 3.05) is 5.75 Å². The predicted octanol–water partition coefficient (Wildman–Crippen LogP) is 4.20. The smallest absolute Gasteiger partial charge is 0.145 e. The van der Waals surface area contributed by atoms with E-state index in [0.717, 1.165) is 19.3 Å². The largest absolute Gasteiger partial charge is 0.298 e. The molecule has 1 saturated carbocycles. The normalized spacial score (nSPS) is 22.7. The van der Waals surface area contributed by atoms with Crippen LogP contribution in [0.1, 0.15) is 64.7 Å². The summed E-state index contributed by atoms with van der Waals surface area (Å²) in [6.45, 7) is 2.24. The minimum absolute atomic E-state index is 0.342. The van der Waals surface area contributed by atoms with E-state index in [-0.39, 0.29) is 0 Å². The first-order valence-corrected chi connectivity index (χ1v) is 7.53. The lowest BCUT2D eigenvalue weighted by Crippen LogP contribution is -2.15. The quantitative estimate of drug-likeness (QED) is 0.500. The number of carbonyl (C=O) groups excluding carboxylic acids is 1. The molecule has 0 aromatic rings. The highest BCUT2D eigenvalue weighted by molar-refractivity contribution is 8.00. The van der Waals surface area contributed by atoms with Gasteiger partial charge in [0.1, 0.15) is 5.78 Å². The maximum Gasteiger partial charge on any atom is 0.145 e. The first-order valence-electron chi connectivity index (χ1n) is 6.49. The highest BCUT2D eigenvalue weighted by atomic mass is 32.2. The molecule has 2 heteroatoms. The fourth-order valence-electron chi connectivity index (χ4n) is 2.06. The number of hydrogen-bond acceptors (Lipinski definition) is 2. The van der Waals surface area contributed by atoms with Gasteiger partial charge in [-0.05, 0) is 25.0 Å². The van der Waals surface area contributed by atoms with Crippen LogP contribution in [0, 0.1) is 0 Å². The summed E-state index contributed by atoms with van der Waals surface area (Å²) in [5, 5.41) is 0.342. The molecule has 0 aromatic carbocycles. The molecule has 15 heavy (non-hydrogen) atoms. The zero-order valence-electron chi connectivity index (χ0n) is 9.96. The van der Waals surface area contributed by atoms with Gasteiger partial charge in [0, 0.05) is 6.42 Å². The monoisotopic (exact) mass is 228 g/mol. The number of hydrogen-bond donors (Lipinski definition) is 0. The molecule has 0 saturated heterocycles. The Labute approximate surface area is 98.4 Å². The van der Waals surface area contributed by atoms with Crippen LogP contribution in [0.4, 0.5) is 0 Å². The summed E-state index contributed by atoms with van der Waals surface area (Å²) in [4.78, 5) is 11.7. The zero-order valence-corrected chi connectivity index (χ0v) is 10.8. The van der Waals surface area contributed by atoms with Crippen molar-refractivity contribution in [3.63, 3.8) is 0 Å². The Balaban J connectivity index is 2.10. The summed E-state index contributed by atoms with van der Waals surface area (Å²) in [5.41, 5.74) is 0. The number of rotatable bonds is 6. The van der Waals surface area contributed by atoms with Crippen LogP contribution in [0.2, 0.25) is 0 Å². The van der Waals surface area contributed by atoms with Gasteiger partial charge in [-0.2, -0.15) is 11.8 Å². The van der Waals surface area contributed by atoms with E-state index in [4.69, 9.17) is 0 Å². The van der Waals surface area contributed by atoms with E-state index in [2.05, 4.69) is 6.92 Å². The minimum Gasteiger partial charge on any atom is -0.298 e. The van der Waals surface area contributed by atoms with Gasteiger partial charge in [0.25, 0.3) is 0 Å². The summed E-state index contributed by atoms with van der Waals surface area (Å²) in [5.74, 6) is 1.71. The van der Waals surface area contributed by atoms with E-state index in [1.165, 1.54) is 44.3 Å². The van der Waals surface area contributed by atoms with Gasteiger partial charge in [-0.15, -0.1) is 0 Å². The van der Waals surface area contributed by atoms with E-state index in [9.17, 15) is 4.79 Å². The fourth-order valence-corrected chi connectivity index (χ4v) is 3.35. The standard InChI is InChI=1S/C13H24OS/c1-2-3-4-8-11-15-13-10-7-5-6-9-12(13)14/h13H,2-11H2,1H3. The maximum absolute atomic E-state index is 11.7. The van der Waals surface area contributed by atoms with E-state index in [1.54, 1.807) is 0 Å². The van der Waals surface area contributed by atoms with E-state index in [0.29, 0.717) is 11.0 Å². The molecule has 1 unspecified atom stereocenters. The van der Waals surface area contributed by atoms with Crippen LogP contribution in [0.3, 0.4) is 0 Å². The topological polar surface area (TPSA) is 17.1 Å². The van der Waals surface area contributed by atoms with Gasteiger partial charge in [-0.25, -0.2) is 0 Å². The van der Waals surface area contributed by atoms with Crippen molar-refractivity contribution in [3.8, 4) is 0 Å². The minimum atomic E-state index is 0.342. The van der Waals surface area contributed by atoms with Crippen molar-refractivity contribution in [1.82, 2.24) is 0 Å². The molecule has 1 nitrogen and oxygen atoms in total. The van der Waals surface area contributed by atoms with Crippen LogP contribution < -0.4 is 0 Å². The lowest BCUT2D eigenvalue weighted by molar-refractivity contribution is -0.118. The second-order valence-electron chi connectivity index (χ2n) is 4.49. The van der Waals surface area contributed by atoms with Crippen molar-refractivity contribution < 1.29 is 4.79 Å². The third kappa shape index (κ3) is 5.60. The molecule has 88 valence electrons. The number of carbonyl (C=O) groups is 1. The number of ketones is 1. The molecular formula is C13H24OS. The van der Waals surface area contributed by atoms with Gasteiger partial charge in [0.2, 0.25) is 0 Å². The van der Waals surface area contributed by atoms with E-state index in [1.807, 2.05) is 11.8 Å². The van der Waals surface area contributed by atoms with Gasteiger partial charge in [-0.3, -0.25) is 4.79 Å². The van der Waals surface area contributed by atoms with Crippen molar-refractivity contribution in [3.05, 3.63) is 0 Å². The molecule has 0 spiro atoms. The highest BCUT2D eigenvalue weighted by Gasteiger charge is 2.20. The molecule has 1 atom stereocenters. The predicted molar refractivity (Wildman–Crippen MR) is 68.5 cm³/mol. The van der Waals surface area contributed by atoms with Crippen LogP contribution >= 0.6 is 11.8 Å². The average molecular weight is 228 g/mol. The van der Waals surface area contributed by atoms with Crippen LogP contribution in [0.5, 0.6) is 0 Å². The van der Waals surface area contributed by atoms with Gasteiger partial charge in [-0.1, -0.05) is 39.0 Å². The average Bonchev–Trinajstić information content (AvgIpc) is 2.44. The number of unbranched alkanes of at least 4 members (excludes halogenated alkanes) is 3. The molecule has 1 aliphatic rings. The van der Waals surface area contributed by atoms with Crippen molar-refractivity contribution in [2.45, 2.75) is 70.0 Å². The first-order chi connectivity index (χ1) is 7.34. The van der Waals surface area contributed by atoms with E-state index >= 15 is 0 Å².